The SMILES string of the molecule is CN(c1cccc(CNc2nc(Nc3cc(C(N)=O)ccc3F)ncc2C(F)(F)F)c1)S(C)(=O)=O. The van der Waals surface area contributed by atoms with E-state index >= 15 is 0 Å². The van der Waals surface area contributed by atoms with Crippen molar-refractivity contribution in [2.45, 2.75) is 12.7 Å². The summed E-state index contributed by atoms with van der Waals surface area (Å²) < 4.78 is 79.2. The Morgan fingerprint density at radius 1 is 1.17 bits per heavy atom. The second-order valence-corrected chi connectivity index (χ2v) is 9.41. The number of primary amides is 1. The van der Waals surface area contributed by atoms with Crippen molar-refractivity contribution in [1.82, 2.24) is 9.97 Å². The first-order valence-corrected chi connectivity index (χ1v) is 11.7. The molecule has 0 unspecified atom stereocenters. The van der Waals surface area contributed by atoms with Gasteiger partial charge in [0.25, 0.3) is 0 Å². The minimum absolute atomic E-state index is 0.0295. The second kappa shape index (κ2) is 9.74. The Morgan fingerprint density at radius 2 is 1.89 bits per heavy atom. The molecule has 1 aromatic heterocycles. The number of sulfonamides is 1. The van der Waals surface area contributed by atoms with E-state index in [0.717, 1.165) is 28.8 Å². The number of alkyl halides is 3. The van der Waals surface area contributed by atoms with Crippen LogP contribution in [0, 0.1) is 5.82 Å². The summed E-state index contributed by atoms with van der Waals surface area (Å²) in [5.41, 5.74) is 4.51. The zero-order valence-electron chi connectivity index (χ0n) is 18.4. The van der Waals surface area contributed by atoms with E-state index < -0.39 is 39.3 Å². The normalized spacial score (nSPS) is 11.7. The molecule has 186 valence electrons. The van der Waals surface area contributed by atoms with Crippen molar-refractivity contribution in [2.24, 2.45) is 5.73 Å². The van der Waals surface area contributed by atoms with Gasteiger partial charge in [0.1, 0.15) is 17.2 Å². The zero-order chi connectivity index (χ0) is 26.0. The first kappa shape index (κ1) is 25.7. The number of hydrogen-bond acceptors (Lipinski definition) is 7. The van der Waals surface area contributed by atoms with Crippen LogP contribution in [0.3, 0.4) is 0 Å². The number of carbonyl (C=O) groups is 1. The molecule has 1 amide bonds. The fourth-order valence-electron chi connectivity index (χ4n) is 2.92. The first-order chi connectivity index (χ1) is 16.3. The van der Waals surface area contributed by atoms with Crippen molar-refractivity contribution in [2.75, 3.05) is 28.2 Å². The largest absolute Gasteiger partial charge is 0.421 e. The Labute approximate surface area is 198 Å². The minimum atomic E-state index is -4.80. The number of rotatable bonds is 8. The molecule has 14 heteroatoms. The molecule has 35 heavy (non-hydrogen) atoms. The number of aromatic nitrogens is 2. The van der Waals surface area contributed by atoms with Crippen molar-refractivity contribution >= 4 is 39.1 Å². The van der Waals surface area contributed by atoms with Crippen molar-refractivity contribution in [3.63, 3.8) is 0 Å². The van der Waals surface area contributed by atoms with Crippen LogP contribution in [0.4, 0.5) is 40.7 Å². The number of halogens is 4. The van der Waals surface area contributed by atoms with E-state index in [1.54, 1.807) is 12.1 Å². The lowest BCUT2D eigenvalue weighted by molar-refractivity contribution is -0.137. The predicted octanol–water partition coefficient (Wildman–Crippen LogP) is 3.48. The van der Waals surface area contributed by atoms with Crippen LogP contribution in [0.25, 0.3) is 0 Å². The number of nitrogens with one attached hydrogen (secondary N) is 2. The molecular formula is C21H20F4N6O3S. The quantitative estimate of drug-likeness (QED) is 0.394. The van der Waals surface area contributed by atoms with E-state index in [-0.39, 0.29) is 23.7 Å². The highest BCUT2D eigenvalue weighted by Gasteiger charge is 2.35. The van der Waals surface area contributed by atoms with Crippen molar-refractivity contribution in [3.8, 4) is 0 Å². The number of amides is 1. The highest BCUT2D eigenvalue weighted by atomic mass is 32.2. The summed E-state index contributed by atoms with van der Waals surface area (Å²) in [5.74, 6) is -2.60. The van der Waals surface area contributed by atoms with Gasteiger partial charge in [-0.25, -0.2) is 17.8 Å². The van der Waals surface area contributed by atoms with E-state index in [0.29, 0.717) is 17.4 Å². The molecule has 0 fully saturated rings. The maximum Gasteiger partial charge on any atom is 0.421 e. The minimum Gasteiger partial charge on any atom is -0.366 e. The highest BCUT2D eigenvalue weighted by Crippen LogP contribution is 2.34. The van der Waals surface area contributed by atoms with Gasteiger partial charge >= 0.3 is 6.18 Å². The molecule has 0 bridgehead atoms. The van der Waals surface area contributed by atoms with Gasteiger partial charge in [-0.2, -0.15) is 18.2 Å². The third-order valence-electron chi connectivity index (χ3n) is 4.82. The number of nitrogens with two attached hydrogens (primary N) is 1. The summed E-state index contributed by atoms with van der Waals surface area (Å²) in [7, 11) is -2.19. The molecule has 2 aromatic carbocycles. The topological polar surface area (TPSA) is 130 Å². The molecule has 0 atom stereocenters. The first-order valence-electron chi connectivity index (χ1n) is 9.83. The van der Waals surface area contributed by atoms with Gasteiger partial charge in [0, 0.05) is 25.4 Å². The van der Waals surface area contributed by atoms with E-state index in [2.05, 4.69) is 20.6 Å². The zero-order valence-corrected chi connectivity index (χ0v) is 19.2. The molecule has 0 spiro atoms. The Kier molecular flexibility index (Phi) is 7.14. The lowest BCUT2D eigenvalue weighted by Gasteiger charge is -2.18. The van der Waals surface area contributed by atoms with Crippen LogP contribution in [0.15, 0.2) is 48.7 Å². The van der Waals surface area contributed by atoms with Crippen LogP contribution in [0.1, 0.15) is 21.5 Å². The van der Waals surface area contributed by atoms with E-state index in [1.807, 2.05) is 0 Å². The standard InChI is InChI=1S/C21H20F4N6O3S/c1-31(35(2,33)34)14-5-3-4-12(8-14)10-27-19-15(21(23,24)25)11-28-20(30-19)29-17-9-13(18(26)32)6-7-16(17)22/h3-9,11H,10H2,1-2H3,(H2,26,32)(H2,27,28,29,30). The molecule has 0 saturated carbocycles. The maximum absolute atomic E-state index is 14.1. The van der Waals surface area contributed by atoms with Gasteiger partial charge < -0.3 is 16.4 Å². The lowest BCUT2D eigenvalue weighted by Crippen LogP contribution is -2.24. The molecule has 0 aliphatic carbocycles. The number of anilines is 4. The number of carbonyl (C=O) groups excluding carboxylic acids is 1. The van der Waals surface area contributed by atoms with Crippen LogP contribution >= 0.6 is 0 Å². The molecule has 0 aliphatic rings. The highest BCUT2D eigenvalue weighted by molar-refractivity contribution is 7.92. The van der Waals surface area contributed by atoms with Gasteiger partial charge in [-0.15, -0.1) is 0 Å². The molecule has 0 aliphatic heterocycles. The average Bonchev–Trinajstić information content (AvgIpc) is 2.77. The van der Waals surface area contributed by atoms with Gasteiger partial charge in [-0.05, 0) is 35.9 Å². The molecule has 3 aromatic rings. The van der Waals surface area contributed by atoms with Crippen LogP contribution in [-0.4, -0.2) is 37.6 Å². The summed E-state index contributed by atoms with van der Waals surface area (Å²) in [4.78, 5) is 18.8. The number of benzene rings is 2. The molecule has 3 rings (SSSR count). The summed E-state index contributed by atoms with van der Waals surface area (Å²) in [6.07, 6.45) is -3.25. The molecule has 4 N–H and O–H groups in total. The van der Waals surface area contributed by atoms with Gasteiger partial charge in [-0.3, -0.25) is 9.10 Å². The third kappa shape index (κ3) is 6.35. The van der Waals surface area contributed by atoms with Crippen LogP contribution in [0.5, 0.6) is 0 Å². The second-order valence-electron chi connectivity index (χ2n) is 7.39. The Bertz CT molecular complexity index is 1370. The Balaban J connectivity index is 1.90. The van der Waals surface area contributed by atoms with E-state index in [1.165, 1.54) is 19.2 Å². The van der Waals surface area contributed by atoms with Gasteiger partial charge in [0.2, 0.25) is 21.9 Å². The van der Waals surface area contributed by atoms with Crippen LogP contribution < -0.4 is 20.7 Å². The maximum atomic E-state index is 14.1. The summed E-state index contributed by atoms with van der Waals surface area (Å²) in [6.45, 7) is -0.142. The number of nitrogens with zero attached hydrogens (tertiary/aromatic N) is 3. The van der Waals surface area contributed by atoms with Gasteiger partial charge in [-0.1, -0.05) is 12.1 Å². The summed E-state index contributed by atoms with van der Waals surface area (Å²) >= 11 is 0. The Morgan fingerprint density at radius 3 is 2.51 bits per heavy atom. The van der Waals surface area contributed by atoms with Crippen LogP contribution in [-0.2, 0) is 22.7 Å². The van der Waals surface area contributed by atoms with E-state index in [4.69, 9.17) is 5.73 Å². The number of hydrogen-bond donors (Lipinski definition) is 3. The van der Waals surface area contributed by atoms with Crippen LogP contribution in [0.2, 0.25) is 0 Å². The van der Waals surface area contributed by atoms with Crippen molar-refractivity contribution < 1.29 is 30.8 Å². The average molecular weight is 512 g/mol. The van der Waals surface area contributed by atoms with Gasteiger partial charge in [0.05, 0.1) is 17.6 Å². The lowest BCUT2D eigenvalue weighted by atomic mass is 10.2. The van der Waals surface area contributed by atoms with Gasteiger partial charge in [0.15, 0.2) is 0 Å². The Hall–Kier alpha value is -3.94. The predicted molar refractivity (Wildman–Crippen MR) is 122 cm³/mol. The molecule has 9 nitrogen and oxygen atoms in total. The fourth-order valence-corrected chi connectivity index (χ4v) is 3.42. The molecule has 0 saturated heterocycles. The third-order valence-corrected chi connectivity index (χ3v) is 6.03. The fraction of sp³-hybridized carbons (Fsp3) is 0.190. The van der Waals surface area contributed by atoms with Crippen molar-refractivity contribution in [1.29, 1.82) is 0 Å². The molecule has 0 radical (unpaired) electrons. The monoisotopic (exact) mass is 512 g/mol. The smallest absolute Gasteiger partial charge is 0.366 e. The van der Waals surface area contributed by atoms with E-state index in [9.17, 15) is 30.8 Å². The summed E-state index contributed by atoms with van der Waals surface area (Å²) in [6, 6.07) is 9.37. The molecular weight excluding hydrogens is 492 g/mol. The molecule has 1 heterocycles. The summed E-state index contributed by atoms with van der Waals surface area (Å²) in [5, 5.41) is 5.00. The van der Waals surface area contributed by atoms with Crippen molar-refractivity contribution in [3.05, 3.63) is 71.2 Å².